The number of fused-ring (bicyclic) bond motifs is 2. The Balaban J connectivity index is 1.68. The molecule has 0 bridgehead atoms. The number of hydrogen-bond donors (Lipinski definition) is 0. The van der Waals surface area contributed by atoms with Crippen LogP contribution in [0.2, 0.25) is 0 Å². The van der Waals surface area contributed by atoms with E-state index in [1.165, 1.54) is 0 Å². The number of carbonyl (C=O) groups excluding carboxylic acids is 1. The SMILES string of the molecule is COc1ccc(OC[C@@H]2c3c(OC)ccc(Br)c3C[C@H]3COC(=O)N32)cc1. The molecule has 0 N–H and O–H groups in total. The zero-order valence-corrected chi connectivity index (χ0v) is 16.7. The predicted octanol–water partition coefficient (Wildman–Crippen LogP) is 3.96. The summed E-state index contributed by atoms with van der Waals surface area (Å²) in [4.78, 5) is 14.2. The normalized spacial score (nSPS) is 20.6. The largest absolute Gasteiger partial charge is 0.497 e. The maximum atomic E-state index is 12.4. The van der Waals surface area contributed by atoms with Gasteiger partial charge >= 0.3 is 6.09 Å². The highest BCUT2D eigenvalue weighted by molar-refractivity contribution is 9.10. The lowest BCUT2D eigenvalue weighted by Crippen LogP contribution is -2.45. The predicted molar refractivity (Wildman–Crippen MR) is 103 cm³/mol. The van der Waals surface area contributed by atoms with Gasteiger partial charge in [-0.25, -0.2) is 4.79 Å². The smallest absolute Gasteiger partial charge is 0.410 e. The summed E-state index contributed by atoms with van der Waals surface area (Å²) in [6.45, 7) is 0.693. The Hall–Kier alpha value is -2.41. The van der Waals surface area contributed by atoms with E-state index in [9.17, 15) is 4.79 Å². The van der Waals surface area contributed by atoms with Gasteiger partial charge in [0.25, 0.3) is 0 Å². The first-order valence-electron chi connectivity index (χ1n) is 8.69. The monoisotopic (exact) mass is 433 g/mol. The number of cyclic esters (lactones) is 1. The number of carbonyl (C=O) groups is 1. The van der Waals surface area contributed by atoms with Gasteiger partial charge in [-0.2, -0.15) is 0 Å². The van der Waals surface area contributed by atoms with Crippen molar-refractivity contribution >= 4 is 22.0 Å². The number of methoxy groups -OCH3 is 2. The number of hydrogen-bond acceptors (Lipinski definition) is 5. The van der Waals surface area contributed by atoms with Crippen LogP contribution in [0.4, 0.5) is 4.79 Å². The zero-order valence-electron chi connectivity index (χ0n) is 15.1. The van der Waals surface area contributed by atoms with E-state index in [0.717, 1.165) is 33.5 Å². The lowest BCUT2D eigenvalue weighted by atomic mass is 9.88. The molecule has 0 aliphatic carbocycles. The molecule has 0 saturated carbocycles. The molecule has 2 aromatic rings. The Morgan fingerprint density at radius 2 is 1.85 bits per heavy atom. The second-order valence-corrected chi connectivity index (χ2v) is 7.34. The van der Waals surface area contributed by atoms with E-state index in [1.54, 1.807) is 19.1 Å². The molecule has 1 fully saturated rings. The first-order chi connectivity index (χ1) is 13.1. The van der Waals surface area contributed by atoms with Crippen molar-refractivity contribution in [2.24, 2.45) is 0 Å². The fraction of sp³-hybridized carbons (Fsp3) is 0.350. The Morgan fingerprint density at radius 1 is 1.11 bits per heavy atom. The molecule has 7 heteroatoms. The van der Waals surface area contributed by atoms with Crippen LogP contribution in [-0.2, 0) is 11.2 Å². The zero-order chi connectivity index (χ0) is 19.0. The first-order valence-corrected chi connectivity index (χ1v) is 9.49. The second-order valence-electron chi connectivity index (χ2n) is 6.49. The minimum atomic E-state index is -0.309. The molecule has 0 aromatic heterocycles. The van der Waals surface area contributed by atoms with Crippen LogP contribution in [0.15, 0.2) is 40.9 Å². The average molecular weight is 434 g/mol. The van der Waals surface area contributed by atoms with Crippen LogP contribution in [0.3, 0.4) is 0 Å². The summed E-state index contributed by atoms with van der Waals surface area (Å²) >= 11 is 3.64. The van der Waals surface area contributed by atoms with Gasteiger partial charge in [0, 0.05) is 10.0 Å². The number of nitrogens with zero attached hydrogens (tertiary/aromatic N) is 1. The van der Waals surface area contributed by atoms with Crippen molar-refractivity contribution in [3.8, 4) is 17.2 Å². The number of benzene rings is 2. The maximum Gasteiger partial charge on any atom is 0.410 e. The summed E-state index contributed by atoms with van der Waals surface area (Å²) in [6.07, 6.45) is 0.411. The van der Waals surface area contributed by atoms with Crippen LogP contribution in [0.25, 0.3) is 0 Å². The quantitative estimate of drug-likeness (QED) is 0.713. The highest BCUT2D eigenvalue weighted by atomic mass is 79.9. The van der Waals surface area contributed by atoms with Gasteiger partial charge in [-0.05, 0) is 48.4 Å². The molecule has 4 rings (SSSR count). The van der Waals surface area contributed by atoms with E-state index in [1.807, 2.05) is 36.4 Å². The van der Waals surface area contributed by atoms with Gasteiger partial charge in [0.05, 0.1) is 26.3 Å². The van der Waals surface area contributed by atoms with Crippen LogP contribution >= 0.6 is 15.9 Å². The summed E-state index contributed by atoms with van der Waals surface area (Å²) in [7, 11) is 3.26. The number of ether oxygens (including phenoxy) is 4. The maximum absolute atomic E-state index is 12.4. The van der Waals surface area contributed by atoms with Gasteiger partial charge in [-0.3, -0.25) is 4.90 Å². The summed E-state index contributed by atoms with van der Waals surface area (Å²) in [6, 6.07) is 11.0. The lowest BCUT2D eigenvalue weighted by molar-refractivity contribution is 0.115. The third-order valence-electron chi connectivity index (χ3n) is 5.06. The molecular weight excluding hydrogens is 414 g/mol. The standard InChI is InChI=1S/C20H20BrNO5/c1-24-13-3-5-14(6-4-13)26-11-17-19-15(16(21)7-8-18(19)25-2)9-12-10-27-20(23)22(12)17/h3-8,12,17H,9-11H2,1-2H3/t12-,17+/m0/s1. The van der Waals surface area contributed by atoms with Crippen molar-refractivity contribution in [1.82, 2.24) is 4.90 Å². The molecule has 0 unspecified atom stereocenters. The van der Waals surface area contributed by atoms with Gasteiger partial charge < -0.3 is 18.9 Å². The fourth-order valence-corrected chi connectivity index (χ4v) is 4.27. The molecule has 2 aromatic carbocycles. The van der Waals surface area contributed by atoms with Crippen LogP contribution in [-0.4, -0.2) is 44.5 Å². The van der Waals surface area contributed by atoms with Gasteiger partial charge in [-0.15, -0.1) is 0 Å². The molecule has 2 aliphatic rings. The molecule has 2 atom stereocenters. The van der Waals surface area contributed by atoms with Gasteiger partial charge in [0.1, 0.15) is 30.5 Å². The van der Waals surface area contributed by atoms with E-state index >= 15 is 0 Å². The molecular formula is C20H20BrNO5. The Labute approximate surface area is 166 Å². The van der Waals surface area contributed by atoms with E-state index in [-0.39, 0.29) is 18.2 Å². The van der Waals surface area contributed by atoms with Crippen LogP contribution in [0, 0.1) is 0 Å². The molecule has 1 amide bonds. The minimum absolute atomic E-state index is 0.00197. The molecule has 1 saturated heterocycles. The van der Waals surface area contributed by atoms with Crippen molar-refractivity contribution in [1.29, 1.82) is 0 Å². The van der Waals surface area contributed by atoms with Gasteiger partial charge in [0.2, 0.25) is 0 Å². The second kappa shape index (κ2) is 7.31. The summed E-state index contributed by atoms with van der Waals surface area (Å²) in [5.74, 6) is 2.22. The van der Waals surface area contributed by atoms with Crippen molar-refractivity contribution in [2.45, 2.75) is 18.5 Å². The van der Waals surface area contributed by atoms with E-state index < -0.39 is 0 Å². The number of rotatable bonds is 5. The minimum Gasteiger partial charge on any atom is -0.497 e. The number of halogens is 1. The molecule has 0 spiro atoms. The topological polar surface area (TPSA) is 57.2 Å². The van der Waals surface area contributed by atoms with Crippen molar-refractivity contribution < 1.29 is 23.7 Å². The lowest BCUT2D eigenvalue weighted by Gasteiger charge is -2.38. The van der Waals surface area contributed by atoms with Crippen LogP contribution in [0.1, 0.15) is 17.2 Å². The van der Waals surface area contributed by atoms with E-state index in [4.69, 9.17) is 18.9 Å². The van der Waals surface area contributed by atoms with Crippen molar-refractivity contribution in [2.75, 3.05) is 27.4 Å². The third-order valence-corrected chi connectivity index (χ3v) is 5.80. The van der Waals surface area contributed by atoms with E-state index in [0.29, 0.717) is 19.0 Å². The molecule has 27 heavy (non-hydrogen) atoms. The van der Waals surface area contributed by atoms with Crippen LogP contribution < -0.4 is 14.2 Å². The van der Waals surface area contributed by atoms with Crippen molar-refractivity contribution in [3.05, 3.63) is 52.0 Å². The van der Waals surface area contributed by atoms with Crippen molar-refractivity contribution in [3.63, 3.8) is 0 Å². The molecule has 2 heterocycles. The molecule has 0 radical (unpaired) electrons. The highest BCUT2D eigenvalue weighted by Gasteiger charge is 2.45. The molecule has 2 aliphatic heterocycles. The highest BCUT2D eigenvalue weighted by Crippen LogP contribution is 2.44. The summed E-state index contributed by atoms with van der Waals surface area (Å²) in [5, 5.41) is 0. The van der Waals surface area contributed by atoms with E-state index in [2.05, 4.69) is 15.9 Å². The summed E-state index contributed by atoms with van der Waals surface area (Å²) < 4.78 is 23.1. The first kappa shape index (κ1) is 18.0. The number of amides is 1. The van der Waals surface area contributed by atoms with Gasteiger partial charge in [0.15, 0.2) is 0 Å². The molecule has 6 nitrogen and oxygen atoms in total. The fourth-order valence-electron chi connectivity index (χ4n) is 3.76. The van der Waals surface area contributed by atoms with Crippen LogP contribution in [0.5, 0.6) is 17.2 Å². The Bertz CT molecular complexity index is 854. The summed E-state index contributed by atoms with van der Waals surface area (Å²) in [5.41, 5.74) is 2.10. The van der Waals surface area contributed by atoms with Gasteiger partial charge in [-0.1, -0.05) is 15.9 Å². The molecule has 142 valence electrons. The Kier molecular flexibility index (Phi) is 4.86. The average Bonchev–Trinajstić information content (AvgIpc) is 3.07. The Morgan fingerprint density at radius 3 is 2.56 bits per heavy atom. The third kappa shape index (κ3) is 3.20.